The summed E-state index contributed by atoms with van der Waals surface area (Å²) in [6.45, 7) is 8.77. The lowest BCUT2D eigenvalue weighted by Crippen LogP contribution is -2.18. The van der Waals surface area contributed by atoms with E-state index in [-0.39, 0.29) is 11.9 Å². The van der Waals surface area contributed by atoms with Crippen LogP contribution in [0.4, 0.5) is 5.69 Å². The fourth-order valence-corrected chi connectivity index (χ4v) is 4.45. The highest BCUT2D eigenvalue weighted by Crippen LogP contribution is 2.28. The lowest BCUT2D eigenvalue weighted by atomic mass is 10.2. The second-order valence-corrected chi connectivity index (χ2v) is 8.26. The number of nitrogens with one attached hydrogen (secondary N) is 1. The van der Waals surface area contributed by atoms with Crippen LogP contribution in [-0.4, -0.2) is 20.3 Å². The number of hydrogen-bond donors (Lipinski definition) is 1. The third-order valence-electron chi connectivity index (χ3n) is 4.99. The Labute approximate surface area is 168 Å². The highest BCUT2D eigenvalue weighted by atomic mass is 32.1. The first-order valence-electron chi connectivity index (χ1n) is 9.43. The standard InChI is InChI=1S/C22H24N4OS/c1-14(2)26-16(4)21(15(3)24-26)23-22(27)19-12-20-18(10-11-28-20)25(19)13-17-8-6-5-7-9-17/h5-12,14H,13H2,1-4H3,(H,23,27). The number of carbonyl (C=O) groups is 1. The molecule has 0 saturated heterocycles. The fourth-order valence-electron chi connectivity index (χ4n) is 3.63. The van der Waals surface area contributed by atoms with Gasteiger partial charge in [-0.15, -0.1) is 11.3 Å². The van der Waals surface area contributed by atoms with Crippen LogP contribution in [0.15, 0.2) is 47.8 Å². The topological polar surface area (TPSA) is 51.9 Å². The molecule has 4 aromatic rings. The average Bonchev–Trinajstić information content (AvgIpc) is 3.33. The zero-order chi connectivity index (χ0) is 19.8. The summed E-state index contributed by atoms with van der Waals surface area (Å²) < 4.78 is 5.16. The Hall–Kier alpha value is -2.86. The Kier molecular flexibility index (Phi) is 4.81. The number of rotatable bonds is 5. The quantitative estimate of drug-likeness (QED) is 0.494. The van der Waals surface area contributed by atoms with E-state index in [2.05, 4.69) is 52.4 Å². The maximum Gasteiger partial charge on any atom is 0.272 e. The summed E-state index contributed by atoms with van der Waals surface area (Å²) in [7, 11) is 0. The molecule has 1 aromatic carbocycles. The summed E-state index contributed by atoms with van der Waals surface area (Å²) in [4.78, 5) is 13.2. The highest BCUT2D eigenvalue weighted by molar-refractivity contribution is 7.17. The van der Waals surface area contributed by atoms with Crippen LogP contribution in [0, 0.1) is 13.8 Å². The molecule has 0 aliphatic rings. The molecule has 0 unspecified atom stereocenters. The molecule has 1 N–H and O–H groups in total. The molecule has 6 heteroatoms. The monoisotopic (exact) mass is 392 g/mol. The number of aryl methyl sites for hydroxylation is 1. The van der Waals surface area contributed by atoms with Gasteiger partial charge in [-0.05, 0) is 50.8 Å². The van der Waals surface area contributed by atoms with Gasteiger partial charge >= 0.3 is 0 Å². The Balaban J connectivity index is 1.70. The molecule has 3 heterocycles. The third kappa shape index (κ3) is 3.24. The first kappa shape index (κ1) is 18.5. The lowest BCUT2D eigenvalue weighted by Gasteiger charge is -2.12. The van der Waals surface area contributed by atoms with E-state index in [1.54, 1.807) is 11.3 Å². The van der Waals surface area contributed by atoms with E-state index in [4.69, 9.17) is 0 Å². The van der Waals surface area contributed by atoms with Gasteiger partial charge in [-0.3, -0.25) is 9.48 Å². The van der Waals surface area contributed by atoms with Gasteiger partial charge in [-0.1, -0.05) is 30.3 Å². The number of amides is 1. The minimum atomic E-state index is -0.103. The first-order valence-corrected chi connectivity index (χ1v) is 10.3. The van der Waals surface area contributed by atoms with Crippen molar-refractivity contribution in [1.82, 2.24) is 14.3 Å². The molecule has 5 nitrogen and oxygen atoms in total. The molecule has 0 aliphatic carbocycles. The van der Waals surface area contributed by atoms with Crippen LogP contribution in [0.25, 0.3) is 10.2 Å². The Bertz CT molecular complexity index is 1130. The fraction of sp³-hybridized carbons (Fsp3) is 0.273. The van der Waals surface area contributed by atoms with Crippen LogP contribution in [0.3, 0.4) is 0 Å². The molecule has 0 radical (unpaired) electrons. The van der Waals surface area contributed by atoms with Crippen molar-refractivity contribution in [2.75, 3.05) is 5.32 Å². The van der Waals surface area contributed by atoms with E-state index in [0.29, 0.717) is 12.2 Å². The second-order valence-electron chi connectivity index (χ2n) is 7.31. The number of aromatic nitrogens is 3. The molecule has 0 spiro atoms. The Morgan fingerprint density at radius 1 is 1.18 bits per heavy atom. The molecular formula is C22H24N4OS. The van der Waals surface area contributed by atoms with Crippen LogP contribution >= 0.6 is 11.3 Å². The highest BCUT2D eigenvalue weighted by Gasteiger charge is 2.20. The van der Waals surface area contributed by atoms with Gasteiger partial charge in [0.05, 0.1) is 27.3 Å². The molecule has 144 valence electrons. The molecule has 1 amide bonds. The van der Waals surface area contributed by atoms with Crippen LogP contribution in [0.5, 0.6) is 0 Å². The number of fused-ring (bicyclic) bond motifs is 1. The zero-order valence-electron chi connectivity index (χ0n) is 16.6. The zero-order valence-corrected chi connectivity index (χ0v) is 17.4. The summed E-state index contributed by atoms with van der Waals surface area (Å²) in [5.41, 5.74) is 5.54. The summed E-state index contributed by atoms with van der Waals surface area (Å²) in [5, 5.41) is 9.75. The number of carbonyl (C=O) groups excluding carboxylic acids is 1. The van der Waals surface area contributed by atoms with Crippen LogP contribution in [0.2, 0.25) is 0 Å². The molecule has 0 saturated carbocycles. The number of nitrogens with zero attached hydrogens (tertiary/aromatic N) is 3. The Morgan fingerprint density at radius 3 is 2.61 bits per heavy atom. The molecule has 4 rings (SSSR count). The van der Waals surface area contributed by atoms with Crippen molar-refractivity contribution >= 4 is 33.1 Å². The largest absolute Gasteiger partial charge is 0.331 e. The van der Waals surface area contributed by atoms with Crippen molar-refractivity contribution < 1.29 is 4.79 Å². The average molecular weight is 393 g/mol. The number of benzene rings is 1. The van der Waals surface area contributed by atoms with Gasteiger partial charge in [-0.25, -0.2) is 0 Å². The molecule has 0 atom stereocenters. The lowest BCUT2D eigenvalue weighted by molar-refractivity contribution is 0.101. The van der Waals surface area contributed by atoms with Crippen LogP contribution < -0.4 is 5.32 Å². The predicted octanol–water partition coefficient (Wildman–Crippen LogP) is 5.40. The number of hydrogen-bond acceptors (Lipinski definition) is 3. The van der Waals surface area contributed by atoms with Gasteiger partial charge in [0.25, 0.3) is 5.91 Å². The van der Waals surface area contributed by atoms with Crippen molar-refractivity contribution in [3.05, 3.63) is 70.5 Å². The number of anilines is 1. The maximum atomic E-state index is 13.2. The summed E-state index contributed by atoms with van der Waals surface area (Å²) in [5.74, 6) is -0.103. The predicted molar refractivity (Wildman–Crippen MR) is 115 cm³/mol. The minimum absolute atomic E-state index is 0.103. The van der Waals surface area contributed by atoms with Gasteiger partial charge in [0, 0.05) is 12.6 Å². The first-order chi connectivity index (χ1) is 13.5. The van der Waals surface area contributed by atoms with Gasteiger partial charge in [-0.2, -0.15) is 5.10 Å². The summed E-state index contributed by atoms with van der Waals surface area (Å²) >= 11 is 1.65. The summed E-state index contributed by atoms with van der Waals surface area (Å²) in [6.07, 6.45) is 0. The van der Waals surface area contributed by atoms with Gasteiger partial charge in [0.15, 0.2) is 0 Å². The normalized spacial score (nSPS) is 11.5. The van der Waals surface area contributed by atoms with E-state index in [1.165, 1.54) is 5.56 Å². The second kappa shape index (κ2) is 7.28. The molecule has 0 aliphatic heterocycles. The summed E-state index contributed by atoms with van der Waals surface area (Å²) in [6, 6.07) is 14.5. The van der Waals surface area contributed by atoms with E-state index >= 15 is 0 Å². The molecule has 0 bridgehead atoms. The van der Waals surface area contributed by atoms with E-state index < -0.39 is 0 Å². The van der Waals surface area contributed by atoms with E-state index in [9.17, 15) is 4.79 Å². The van der Waals surface area contributed by atoms with Crippen LogP contribution in [0.1, 0.15) is 47.3 Å². The van der Waals surface area contributed by atoms with Gasteiger partial charge in [0.1, 0.15) is 5.69 Å². The molecule has 0 fully saturated rings. The smallest absolute Gasteiger partial charge is 0.272 e. The van der Waals surface area contributed by atoms with Crippen molar-refractivity contribution in [3.8, 4) is 0 Å². The molecular weight excluding hydrogens is 368 g/mol. The van der Waals surface area contributed by atoms with Crippen molar-refractivity contribution in [1.29, 1.82) is 0 Å². The van der Waals surface area contributed by atoms with Crippen molar-refractivity contribution in [2.24, 2.45) is 0 Å². The van der Waals surface area contributed by atoms with Crippen molar-refractivity contribution in [3.63, 3.8) is 0 Å². The Morgan fingerprint density at radius 2 is 1.93 bits per heavy atom. The third-order valence-corrected chi connectivity index (χ3v) is 5.84. The van der Waals surface area contributed by atoms with Crippen molar-refractivity contribution in [2.45, 2.75) is 40.3 Å². The van der Waals surface area contributed by atoms with Crippen LogP contribution in [-0.2, 0) is 6.54 Å². The SMILES string of the molecule is Cc1nn(C(C)C)c(C)c1NC(=O)c1cc2sccc2n1Cc1ccccc1. The molecule has 3 aromatic heterocycles. The van der Waals surface area contributed by atoms with E-state index in [1.807, 2.05) is 42.8 Å². The van der Waals surface area contributed by atoms with Gasteiger partial charge < -0.3 is 9.88 Å². The number of thiophene rings is 1. The molecule has 28 heavy (non-hydrogen) atoms. The maximum absolute atomic E-state index is 13.2. The van der Waals surface area contributed by atoms with Gasteiger partial charge in [0.2, 0.25) is 0 Å². The van der Waals surface area contributed by atoms with E-state index in [0.717, 1.165) is 27.3 Å². The minimum Gasteiger partial charge on any atom is -0.331 e.